The molecule has 1 unspecified atom stereocenters. The number of rotatable bonds is 6. The highest BCUT2D eigenvalue weighted by atomic mass is 32.2. The van der Waals surface area contributed by atoms with E-state index in [1.54, 1.807) is 0 Å². The lowest BCUT2D eigenvalue weighted by Crippen LogP contribution is -2.49. The van der Waals surface area contributed by atoms with Crippen molar-refractivity contribution in [1.29, 1.82) is 0 Å². The van der Waals surface area contributed by atoms with E-state index in [-0.39, 0.29) is 22.9 Å². The third kappa shape index (κ3) is 4.09. The number of carbonyl (C=O) groups excluding carboxylic acids is 2. The normalized spacial score (nSPS) is 22.5. The standard InChI is InChI=1S/C17H27N5O3S/c1-26(25,14-5-3-2-4-6-14)22-9-7-13(8-10-22)20-17(24)16-15(18-12-23)11-19-21-16/h11-14H,1-10H2,(H,18,23)(H,19,21)(H,20,24). The van der Waals surface area contributed by atoms with Gasteiger partial charge in [0.2, 0.25) is 6.41 Å². The fraction of sp³-hybridized carbons (Fsp3) is 0.647. The predicted octanol–water partition coefficient (Wildman–Crippen LogP) is 1.14. The van der Waals surface area contributed by atoms with Gasteiger partial charge in [0.05, 0.1) is 11.9 Å². The molecule has 2 aliphatic rings. The van der Waals surface area contributed by atoms with Crippen molar-refractivity contribution in [1.82, 2.24) is 19.8 Å². The molecule has 3 rings (SSSR count). The monoisotopic (exact) mass is 381 g/mol. The number of aromatic nitrogens is 2. The number of amides is 2. The Bertz CT molecular complexity index is 731. The van der Waals surface area contributed by atoms with Gasteiger partial charge in [0.25, 0.3) is 5.91 Å². The molecule has 0 radical (unpaired) electrons. The lowest BCUT2D eigenvalue weighted by Gasteiger charge is -2.38. The number of hydrogen-bond acceptors (Lipinski definition) is 4. The maximum absolute atomic E-state index is 13.2. The molecule has 1 aromatic rings. The second-order valence-corrected chi connectivity index (χ2v) is 9.61. The van der Waals surface area contributed by atoms with Crippen molar-refractivity contribution >= 4 is 33.6 Å². The Balaban J connectivity index is 1.54. The minimum atomic E-state index is -2.24. The van der Waals surface area contributed by atoms with Crippen LogP contribution >= 0.6 is 0 Å². The van der Waals surface area contributed by atoms with Crippen molar-refractivity contribution in [2.24, 2.45) is 0 Å². The molecule has 0 aromatic carbocycles. The number of anilines is 1. The molecule has 3 N–H and O–H groups in total. The molecule has 144 valence electrons. The molecular weight excluding hydrogens is 354 g/mol. The first-order valence-corrected chi connectivity index (χ1v) is 10.9. The Labute approximate surface area is 154 Å². The number of carbonyl (C=O) groups is 2. The van der Waals surface area contributed by atoms with Crippen molar-refractivity contribution in [2.45, 2.75) is 56.2 Å². The number of nitrogens with one attached hydrogen (secondary N) is 3. The minimum Gasteiger partial charge on any atom is -0.348 e. The van der Waals surface area contributed by atoms with E-state index in [1.807, 2.05) is 4.31 Å². The Morgan fingerprint density at radius 1 is 1.27 bits per heavy atom. The Morgan fingerprint density at radius 2 is 1.96 bits per heavy atom. The fourth-order valence-corrected chi connectivity index (χ4v) is 6.16. The molecule has 1 aliphatic carbocycles. The average molecular weight is 382 g/mol. The number of nitrogens with zero attached hydrogens (tertiary/aromatic N) is 2. The Hall–Kier alpha value is -1.87. The Kier molecular flexibility index (Phi) is 5.98. The van der Waals surface area contributed by atoms with E-state index in [9.17, 15) is 13.8 Å². The van der Waals surface area contributed by atoms with Gasteiger partial charge >= 0.3 is 0 Å². The van der Waals surface area contributed by atoms with Crippen LogP contribution in [0.25, 0.3) is 0 Å². The van der Waals surface area contributed by atoms with Gasteiger partial charge in [-0.25, -0.2) is 4.31 Å². The topological polar surface area (TPSA) is 107 Å². The first-order chi connectivity index (χ1) is 12.5. The highest BCUT2D eigenvalue weighted by Gasteiger charge is 2.31. The fourth-order valence-electron chi connectivity index (χ4n) is 3.84. The zero-order chi connectivity index (χ0) is 18.6. The molecule has 26 heavy (non-hydrogen) atoms. The van der Waals surface area contributed by atoms with Crippen molar-refractivity contribution < 1.29 is 13.8 Å². The summed E-state index contributed by atoms with van der Waals surface area (Å²) in [5.74, 6) is 3.79. The second-order valence-electron chi connectivity index (χ2n) is 7.05. The molecule has 2 fully saturated rings. The van der Waals surface area contributed by atoms with Crippen LogP contribution in [0.5, 0.6) is 0 Å². The SMILES string of the molecule is C=S(=O)(C1CCCCC1)N1CCC(NC(=O)c2[nH]ncc2NC=O)CC1. The van der Waals surface area contributed by atoms with Crippen LogP contribution in [-0.4, -0.2) is 61.3 Å². The smallest absolute Gasteiger partial charge is 0.271 e. The van der Waals surface area contributed by atoms with E-state index in [0.29, 0.717) is 25.2 Å². The summed E-state index contributed by atoms with van der Waals surface area (Å²) in [6.07, 6.45) is 8.90. The van der Waals surface area contributed by atoms with E-state index >= 15 is 0 Å². The number of H-pyrrole nitrogens is 1. The zero-order valence-electron chi connectivity index (χ0n) is 14.9. The molecular formula is C17H27N5O3S. The number of hydrogen-bond donors (Lipinski definition) is 3. The van der Waals surface area contributed by atoms with Gasteiger partial charge in [-0.3, -0.25) is 18.9 Å². The first-order valence-electron chi connectivity index (χ1n) is 9.18. The summed E-state index contributed by atoms with van der Waals surface area (Å²) in [7, 11) is -2.24. The summed E-state index contributed by atoms with van der Waals surface area (Å²) in [4.78, 5) is 22.9. The third-order valence-electron chi connectivity index (χ3n) is 5.38. The van der Waals surface area contributed by atoms with E-state index < -0.39 is 9.71 Å². The van der Waals surface area contributed by atoms with Crippen molar-refractivity contribution in [2.75, 3.05) is 18.4 Å². The molecule has 0 spiro atoms. The maximum atomic E-state index is 13.2. The molecule has 1 saturated heterocycles. The lowest BCUT2D eigenvalue weighted by atomic mass is 10.0. The van der Waals surface area contributed by atoms with Crippen LogP contribution in [0.1, 0.15) is 55.4 Å². The van der Waals surface area contributed by atoms with Crippen LogP contribution in [0.2, 0.25) is 0 Å². The van der Waals surface area contributed by atoms with Crippen LogP contribution in [0.3, 0.4) is 0 Å². The summed E-state index contributed by atoms with van der Waals surface area (Å²) in [5, 5.41) is 12.0. The Morgan fingerprint density at radius 3 is 2.62 bits per heavy atom. The van der Waals surface area contributed by atoms with Gasteiger partial charge < -0.3 is 10.6 Å². The average Bonchev–Trinajstić information content (AvgIpc) is 3.12. The largest absolute Gasteiger partial charge is 0.348 e. The molecule has 0 bridgehead atoms. The summed E-state index contributed by atoms with van der Waals surface area (Å²) < 4.78 is 15.2. The van der Waals surface area contributed by atoms with Gasteiger partial charge in [-0.15, -0.1) is 0 Å². The van der Waals surface area contributed by atoms with Gasteiger partial charge in [0.1, 0.15) is 5.69 Å². The predicted molar refractivity (Wildman–Crippen MR) is 102 cm³/mol. The van der Waals surface area contributed by atoms with Crippen LogP contribution in [0.4, 0.5) is 5.69 Å². The van der Waals surface area contributed by atoms with Crippen molar-refractivity contribution in [3.8, 4) is 0 Å². The van der Waals surface area contributed by atoms with E-state index in [0.717, 1.165) is 38.5 Å². The molecule has 9 heteroatoms. The van der Waals surface area contributed by atoms with Gasteiger partial charge in [-0.2, -0.15) is 5.10 Å². The number of piperidine rings is 1. The number of aromatic amines is 1. The molecule has 1 aromatic heterocycles. The van der Waals surface area contributed by atoms with Gasteiger partial charge in [-0.1, -0.05) is 19.3 Å². The van der Waals surface area contributed by atoms with E-state index in [4.69, 9.17) is 0 Å². The summed E-state index contributed by atoms with van der Waals surface area (Å²) in [6.45, 7) is 1.35. The van der Waals surface area contributed by atoms with Crippen LogP contribution in [0.15, 0.2) is 6.20 Å². The minimum absolute atomic E-state index is 0.00712. The van der Waals surface area contributed by atoms with Crippen LogP contribution < -0.4 is 10.6 Å². The summed E-state index contributed by atoms with van der Waals surface area (Å²) >= 11 is 0. The quantitative estimate of drug-likeness (QED) is 0.507. The first kappa shape index (κ1) is 18.9. The van der Waals surface area contributed by atoms with Crippen molar-refractivity contribution in [3.63, 3.8) is 0 Å². The van der Waals surface area contributed by atoms with Gasteiger partial charge in [-0.05, 0) is 31.6 Å². The van der Waals surface area contributed by atoms with Crippen molar-refractivity contribution in [3.05, 3.63) is 11.9 Å². The second kappa shape index (κ2) is 8.22. The summed E-state index contributed by atoms with van der Waals surface area (Å²) in [5.41, 5.74) is 0.593. The highest BCUT2D eigenvalue weighted by molar-refractivity contribution is 7.98. The molecule has 2 heterocycles. The molecule has 1 atom stereocenters. The van der Waals surface area contributed by atoms with Crippen LogP contribution in [-0.2, 0) is 14.5 Å². The van der Waals surface area contributed by atoms with Gasteiger partial charge in [0.15, 0.2) is 0 Å². The molecule has 8 nitrogen and oxygen atoms in total. The lowest BCUT2D eigenvalue weighted by molar-refractivity contribution is -0.105. The van der Waals surface area contributed by atoms with Gasteiger partial charge in [0, 0.05) is 34.1 Å². The summed E-state index contributed by atoms with van der Waals surface area (Å²) in [6, 6.07) is 0.00712. The van der Waals surface area contributed by atoms with E-state index in [1.165, 1.54) is 12.6 Å². The van der Waals surface area contributed by atoms with Crippen LogP contribution in [0, 0.1) is 0 Å². The molecule has 1 aliphatic heterocycles. The third-order valence-corrected chi connectivity index (χ3v) is 8.13. The maximum Gasteiger partial charge on any atom is 0.271 e. The highest BCUT2D eigenvalue weighted by Crippen LogP contribution is 2.28. The molecule has 1 saturated carbocycles. The molecule has 2 amide bonds. The zero-order valence-corrected chi connectivity index (χ0v) is 15.7. The van der Waals surface area contributed by atoms with E-state index in [2.05, 4.69) is 26.7 Å².